The Kier molecular flexibility index (Phi) is 5.51. The van der Waals surface area contributed by atoms with Crippen LogP contribution in [0.15, 0.2) is 29.3 Å². The summed E-state index contributed by atoms with van der Waals surface area (Å²) in [5, 5.41) is 3.46. The van der Waals surface area contributed by atoms with E-state index in [0.717, 1.165) is 58.3 Å². The van der Waals surface area contributed by atoms with Crippen molar-refractivity contribution in [2.75, 3.05) is 50.8 Å². The zero-order chi connectivity index (χ0) is 16.1. The van der Waals surface area contributed by atoms with Crippen molar-refractivity contribution in [1.82, 2.24) is 10.2 Å². The maximum Gasteiger partial charge on any atom is 0.198 e. The Hall–Kier alpha value is -1.59. The van der Waals surface area contributed by atoms with Crippen LogP contribution in [-0.4, -0.2) is 62.8 Å². The Morgan fingerprint density at radius 3 is 2.83 bits per heavy atom. The summed E-state index contributed by atoms with van der Waals surface area (Å²) in [5.41, 5.74) is 2.71. The Balaban J connectivity index is 1.69. The molecule has 1 fully saturated rings. The normalized spacial score (nSPS) is 20.4. The highest BCUT2D eigenvalue weighted by Crippen LogP contribution is 2.27. The Morgan fingerprint density at radius 1 is 1.26 bits per heavy atom. The number of nitrogens with one attached hydrogen (secondary N) is 1. The van der Waals surface area contributed by atoms with Crippen molar-refractivity contribution in [3.63, 3.8) is 0 Å². The molecule has 2 aliphatic rings. The number of ether oxygens (including phenoxy) is 1. The summed E-state index contributed by atoms with van der Waals surface area (Å²) >= 11 is 0. The molecule has 0 spiro atoms. The highest BCUT2D eigenvalue weighted by Gasteiger charge is 2.23. The Morgan fingerprint density at radius 2 is 2.04 bits per heavy atom. The fourth-order valence-corrected chi connectivity index (χ4v) is 3.31. The SMILES string of the molecule is CCNC(=NCC(C)N1CCOCC1)N1CCc2ccccc21. The average molecular weight is 316 g/mol. The molecule has 0 amide bonds. The largest absolute Gasteiger partial charge is 0.379 e. The smallest absolute Gasteiger partial charge is 0.198 e. The molecule has 1 unspecified atom stereocenters. The van der Waals surface area contributed by atoms with Gasteiger partial charge in [0.1, 0.15) is 0 Å². The number of benzene rings is 1. The standard InChI is InChI=1S/C18H28N4O/c1-3-19-18(20-14-15(2)21-10-12-23-13-11-21)22-9-8-16-6-4-5-7-17(16)22/h4-7,15H,3,8-14H2,1-2H3,(H,19,20). The summed E-state index contributed by atoms with van der Waals surface area (Å²) in [6, 6.07) is 9.09. The fraction of sp³-hybridized carbons (Fsp3) is 0.611. The van der Waals surface area contributed by atoms with Crippen LogP contribution in [-0.2, 0) is 11.2 Å². The fourth-order valence-electron chi connectivity index (χ4n) is 3.31. The van der Waals surface area contributed by atoms with Gasteiger partial charge in [0.05, 0.1) is 19.8 Å². The molecule has 1 aromatic carbocycles. The van der Waals surface area contributed by atoms with Crippen LogP contribution in [0, 0.1) is 0 Å². The molecule has 5 nitrogen and oxygen atoms in total. The van der Waals surface area contributed by atoms with Gasteiger partial charge in [-0.2, -0.15) is 0 Å². The van der Waals surface area contributed by atoms with E-state index < -0.39 is 0 Å². The molecule has 126 valence electrons. The number of anilines is 1. The van der Waals surface area contributed by atoms with Gasteiger partial charge < -0.3 is 15.0 Å². The van der Waals surface area contributed by atoms with Crippen LogP contribution in [0.3, 0.4) is 0 Å². The first kappa shape index (κ1) is 16.3. The molecular formula is C18H28N4O. The van der Waals surface area contributed by atoms with Gasteiger partial charge in [-0.25, -0.2) is 0 Å². The molecule has 0 aliphatic carbocycles. The lowest BCUT2D eigenvalue weighted by Crippen LogP contribution is -2.45. The van der Waals surface area contributed by atoms with Crippen molar-refractivity contribution in [3.8, 4) is 0 Å². The molecule has 2 heterocycles. The summed E-state index contributed by atoms with van der Waals surface area (Å²) < 4.78 is 5.44. The van der Waals surface area contributed by atoms with Crippen LogP contribution in [0.1, 0.15) is 19.4 Å². The molecule has 3 rings (SSSR count). The number of rotatable bonds is 4. The van der Waals surface area contributed by atoms with Crippen LogP contribution in [0.5, 0.6) is 0 Å². The lowest BCUT2D eigenvalue weighted by molar-refractivity contribution is 0.0220. The van der Waals surface area contributed by atoms with E-state index in [1.807, 2.05) is 0 Å². The summed E-state index contributed by atoms with van der Waals surface area (Å²) in [5.74, 6) is 1.01. The van der Waals surface area contributed by atoms with Gasteiger partial charge >= 0.3 is 0 Å². The second kappa shape index (κ2) is 7.79. The maximum atomic E-state index is 5.44. The molecule has 2 aliphatic heterocycles. The van der Waals surface area contributed by atoms with Gasteiger partial charge in [-0.05, 0) is 31.9 Å². The number of hydrogen-bond acceptors (Lipinski definition) is 3. The summed E-state index contributed by atoms with van der Waals surface area (Å²) in [6.45, 7) is 10.8. The van der Waals surface area contributed by atoms with E-state index in [-0.39, 0.29) is 0 Å². The van der Waals surface area contributed by atoms with Crippen molar-refractivity contribution >= 4 is 11.6 Å². The average Bonchev–Trinajstić information content (AvgIpc) is 3.03. The van der Waals surface area contributed by atoms with E-state index in [9.17, 15) is 0 Å². The minimum Gasteiger partial charge on any atom is -0.379 e. The predicted octanol–water partition coefficient (Wildman–Crippen LogP) is 1.74. The second-order valence-electron chi connectivity index (χ2n) is 6.22. The molecule has 0 saturated carbocycles. The summed E-state index contributed by atoms with van der Waals surface area (Å²) in [7, 11) is 0. The number of nitrogens with zero attached hydrogens (tertiary/aromatic N) is 3. The van der Waals surface area contributed by atoms with Crippen molar-refractivity contribution in [1.29, 1.82) is 0 Å². The third-order valence-corrected chi connectivity index (χ3v) is 4.65. The molecular weight excluding hydrogens is 288 g/mol. The van der Waals surface area contributed by atoms with E-state index in [4.69, 9.17) is 9.73 Å². The highest BCUT2D eigenvalue weighted by molar-refractivity contribution is 5.97. The van der Waals surface area contributed by atoms with Crippen LogP contribution < -0.4 is 10.2 Å². The van der Waals surface area contributed by atoms with Gasteiger partial charge in [0.2, 0.25) is 0 Å². The first-order chi connectivity index (χ1) is 11.3. The third-order valence-electron chi connectivity index (χ3n) is 4.65. The van der Waals surface area contributed by atoms with Crippen molar-refractivity contribution in [2.45, 2.75) is 26.3 Å². The van der Waals surface area contributed by atoms with E-state index in [1.165, 1.54) is 11.3 Å². The first-order valence-corrected chi connectivity index (χ1v) is 8.75. The number of para-hydroxylation sites is 1. The first-order valence-electron chi connectivity index (χ1n) is 8.75. The van der Waals surface area contributed by atoms with E-state index in [0.29, 0.717) is 6.04 Å². The van der Waals surface area contributed by atoms with E-state index in [2.05, 4.69) is 53.2 Å². The summed E-state index contributed by atoms with van der Waals surface area (Å²) in [6.07, 6.45) is 1.10. The number of morpholine rings is 1. The lowest BCUT2D eigenvalue weighted by Gasteiger charge is -2.32. The van der Waals surface area contributed by atoms with Crippen molar-refractivity contribution < 1.29 is 4.74 Å². The number of guanidine groups is 1. The Bertz CT molecular complexity index is 540. The minimum absolute atomic E-state index is 0.449. The topological polar surface area (TPSA) is 40.1 Å². The van der Waals surface area contributed by atoms with E-state index in [1.54, 1.807) is 0 Å². The molecule has 0 radical (unpaired) electrons. The number of hydrogen-bond donors (Lipinski definition) is 1. The molecule has 1 saturated heterocycles. The zero-order valence-electron chi connectivity index (χ0n) is 14.3. The molecule has 1 atom stereocenters. The number of aliphatic imine (C=N–C) groups is 1. The van der Waals surface area contributed by atoms with Gasteiger partial charge in [-0.1, -0.05) is 18.2 Å². The quantitative estimate of drug-likeness (QED) is 0.678. The molecule has 23 heavy (non-hydrogen) atoms. The molecule has 0 bridgehead atoms. The maximum absolute atomic E-state index is 5.44. The van der Waals surface area contributed by atoms with Crippen LogP contribution in [0.4, 0.5) is 5.69 Å². The zero-order valence-corrected chi connectivity index (χ0v) is 14.3. The molecule has 1 aromatic rings. The molecule has 5 heteroatoms. The Labute approximate surface area is 139 Å². The van der Waals surface area contributed by atoms with Crippen LogP contribution in [0.25, 0.3) is 0 Å². The third kappa shape index (κ3) is 3.85. The number of fused-ring (bicyclic) bond motifs is 1. The predicted molar refractivity (Wildman–Crippen MR) is 95.3 cm³/mol. The van der Waals surface area contributed by atoms with E-state index >= 15 is 0 Å². The lowest BCUT2D eigenvalue weighted by atomic mass is 10.2. The van der Waals surface area contributed by atoms with Crippen molar-refractivity contribution in [3.05, 3.63) is 29.8 Å². The van der Waals surface area contributed by atoms with Gasteiger partial charge in [0, 0.05) is 37.9 Å². The van der Waals surface area contributed by atoms with Crippen LogP contribution >= 0.6 is 0 Å². The van der Waals surface area contributed by atoms with Gasteiger partial charge in [-0.3, -0.25) is 9.89 Å². The summed E-state index contributed by atoms with van der Waals surface area (Å²) in [4.78, 5) is 9.71. The molecule has 0 aromatic heterocycles. The second-order valence-corrected chi connectivity index (χ2v) is 6.22. The van der Waals surface area contributed by atoms with Crippen LogP contribution in [0.2, 0.25) is 0 Å². The molecule has 1 N–H and O–H groups in total. The van der Waals surface area contributed by atoms with Crippen molar-refractivity contribution in [2.24, 2.45) is 4.99 Å². The van der Waals surface area contributed by atoms with Gasteiger partial charge in [-0.15, -0.1) is 0 Å². The van der Waals surface area contributed by atoms with Gasteiger partial charge in [0.25, 0.3) is 0 Å². The minimum atomic E-state index is 0.449. The monoisotopic (exact) mass is 316 g/mol. The highest BCUT2D eigenvalue weighted by atomic mass is 16.5. The van der Waals surface area contributed by atoms with Gasteiger partial charge in [0.15, 0.2) is 5.96 Å².